The highest BCUT2D eigenvalue weighted by Crippen LogP contribution is 2.44. The lowest BCUT2D eigenvalue weighted by atomic mass is 9.96. The molecule has 1 aliphatic rings. The predicted molar refractivity (Wildman–Crippen MR) is 106 cm³/mol. The molecule has 1 amide bonds. The van der Waals surface area contributed by atoms with E-state index in [9.17, 15) is 14.7 Å². The molecule has 4 rings (SSSR count). The van der Waals surface area contributed by atoms with Crippen molar-refractivity contribution >= 4 is 28.7 Å². The van der Waals surface area contributed by atoms with Gasteiger partial charge in [-0.2, -0.15) is 0 Å². The van der Waals surface area contributed by atoms with Gasteiger partial charge in [0, 0.05) is 12.4 Å². The summed E-state index contributed by atoms with van der Waals surface area (Å²) in [6.07, 6.45) is 3.17. The van der Waals surface area contributed by atoms with Gasteiger partial charge < -0.3 is 9.84 Å². The predicted octanol–water partition coefficient (Wildman–Crippen LogP) is 3.93. The van der Waals surface area contributed by atoms with Gasteiger partial charge in [0.25, 0.3) is 5.91 Å². The third-order valence-corrected chi connectivity index (χ3v) is 5.43. The number of nitrogens with zero attached hydrogens (tertiary/aromatic N) is 2. The van der Waals surface area contributed by atoms with Crippen molar-refractivity contribution in [1.29, 1.82) is 0 Å². The molecule has 0 saturated carbocycles. The molecule has 1 aromatic carbocycles. The molecule has 6 nitrogen and oxygen atoms in total. The van der Waals surface area contributed by atoms with Crippen molar-refractivity contribution < 1.29 is 19.4 Å². The summed E-state index contributed by atoms with van der Waals surface area (Å²) in [5.41, 5.74) is 1.18. The molecular weight excluding hydrogens is 376 g/mol. The third-order valence-electron chi connectivity index (χ3n) is 4.56. The van der Waals surface area contributed by atoms with E-state index in [0.29, 0.717) is 21.9 Å². The number of carbonyl (C=O) groups excluding carboxylic acids is 2. The second-order valence-electron chi connectivity index (χ2n) is 6.10. The van der Waals surface area contributed by atoms with Crippen LogP contribution in [0.4, 0.5) is 5.69 Å². The van der Waals surface area contributed by atoms with E-state index >= 15 is 0 Å². The number of aliphatic hydroxyl groups excluding tert-OH is 1. The Morgan fingerprint density at radius 1 is 1.14 bits per heavy atom. The first-order valence-corrected chi connectivity index (χ1v) is 9.39. The largest absolute Gasteiger partial charge is 0.503 e. The highest BCUT2D eigenvalue weighted by atomic mass is 32.1. The van der Waals surface area contributed by atoms with Crippen LogP contribution >= 0.6 is 11.3 Å². The van der Waals surface area contributed by atoms with Gasteiger partial charge >= 0.3 is 0 Å². The summed E-state index contributed by atoms with van der Waals surface area (Å²) in [4.78, 5) is 32.0. The van der Waals surface area contributed by atoms with Crippen LogP contribution in [0.2, 0.25) is 0 Å². The molecule has 0 saturated heterocycles. The first-order valence-electron chi connectivity index (χ1n) is 8.51. The number of Topliss-reactive ketones (excluding diaryl/α,β-unsaturated/α-hetero) is 1. The molecule has 0 aliphatic carbocycles. The Hall–Kier alpha value is -3.45. The molecule has 2 aromatic heterocycles. The summed E-state index contributed by atoms with van der Waals surface area (Å²) < 4.78 is 5.40. The summed E-state index contributed by atoms with van der Waals surface area (Å²) in [6, 6.07) is 13.1. The lowest BCUT2D eigenvalue weighted by Gasteiger charge is -2.27. The van der Waals surface area contributed by atoms with E-state index in [2.05, 4.69) is 4.98 Å². The number of ketones is 1. The zero-order valence-corrected chi connectivity index (χ0v) is 15.7. The number of carbonyl (C=O) groups is 2. The van der Waals surface area contributed by atoms with E-state index in [0.717, 1.165) is 0 Å². The summed E-state index contributed by atoms with van der Waals surface area (Å²) in [7, 11) is 1.51. The fourth-order valence-electron chi connectivity index (χ4n) is 3.32. The van der Waals surface area contributed by atoms with Crippen LogP contribution in [-0.4, -0.2) is 28.9 Å². The van der Waals surface area contributed by atoms with Crippen LogP contribution in [0.1, 0.15) is 21.3 Å². The van der Waals surface area contributed by atoms with Crippen LogP contribution < -0.4 is 9.64 Å². The molecule has 0 spiro atoms. The van der Waals surface area contributed by atoms with Crippen molar-refractivity contribution in [3.05, 3.63) is 88.1 Å². The Bertz CT molecular complexity index is 1060. The minimum atomic E-state index is -0.790. The second-order valence-corrected chi connectivity index (χ2v) is 7.05. The summed E-state index contributed by atoms with van der Waals surface area (Å²) in [5.74, 6) is -1.11. The average molecular weight is 392 g/mol. The van der Waals surface area contributed by atoms with Gasteiger partial charge in [0.15, 0.2) is 5.76 Å². The average Bonchev–Trinajstić information content (AvgIpc) is 3.36. The highest BCUT2D eigenvalue weighted by Gasteiger charge is 2.45. The first-order chi connectivity index (χ1) is 13.6. The minimum absolute atomic E-state index is 0.0459. The summed E-state index contributed by atoms with van der Waals surface area (Å²) in [6.45, 7) is 0. The maximum atomic E-state index is 13.1. The number of methoxy groups -OCH3 is 1. The van der Waals surface area contributed by atoms with Gasteiger partial charge in [-0.1, -0.05) is 18.2 Å². The topological polar surface area (TPSA) is 79.7 Å². The van der Waals surface area contributed by atoms with Crippen molar-refractivity contribution in [2.75, 3.05) is 12.0 Å². The Labute approximate surface area is 165 Å². The number of thiophene rings is 1. The van der Waals surface area contributed by atoms with Gasteiger partial charge in [-0.05, 0) is 41.3 Å². The fourth-order valence-corrected chi connectivity index (χ4v) is 3.99. The second kappa shape index (κ2) is 7.28. The molecule has 1 N–H and O–H groups in total. The molecule has 1 aliphatic heterocycles. The summed E-state index contributed by atoms with van der Waals surface area (Å²) in [5, 5.41) is 12.4. The Kier molecular flexibility index (Phi) is 4.67. The zero-order valence-electron chi connectivity index (χ0n) is 14.9. The van der Waals surface area contributed by atoms with Crippen LogP contribution in [0, 0.1) is 0 Å². The number of hydrogen-bond donors (Lipinski definition) is 1. The van der Waals surface area contributed by atoms with Crippen LogP contribution in [0.15, 0.2) is 77.6 Å². The number of ether oxygens (including phenoxy) is 1. The van der Waals surface area contributed by atoms with Crippen LogP contribution in [0.3, 0.4) is 0 Å². The maximum absolute atomic E-state index is 13.1. The lowest BCUT2D eigenvalue weighted by Crippen LogP contribution is -2.31. The quantitative estimate of drug-likeness (QED) is 0.666. The Morgan fingerprint density at radius 3 is 2.57 bits per heavy atom. The van der Waals surface area contributed by atoms with Crippen molar-refractivity contribution in [2.24, 2.45) is 0 Å². The van der Waals surface area contributed by atoms with Gasteiger partial charge in [0.05, 0.1) is 29.3 Å². The molecule has 1 unspecified atom stereocenters. The van der Waals surface area contributed by atoms with Crippen LogP contribution in [-0.2, 0) is 4.79 Å². The number of pyridine rings is 1. The van der Waals surface area contributed by atoms with Crippen LogP contribution in [0.5, 0.6) is 5.75 Å². The monoisotopic (exact) mass is 392 g/mol. The SMILES string of the molecule is COc1ccccc1N1C(=O)C(O)=C(C(=O)c2cccs2)C1c1ccncc1. The normalized spacial score (nSPS) is 16.5. The number of amides is 1. The number of anilines is 1. The van der Waals surface area contributed by atoms with Crippen molar-refractivity contribution in [2.45, 2.75) is 6.04 Å². The minimum Gasteiger partial charge on any atom is -0.503 e. The molecule has 7 heteroatoms. The van der Waals surface area contributed by atoms with Gasteiger partial charge in [-0.15, -0.1) is 11.3 Å². The summed E-state index contributed by atoms with van der Waals surface area (Å²) >= 11 is 1.26. The molecule has 3 aromatic rings. The van der Waals surface area contributed by atoms with E-state index in [1.165, 1.54) is 23.3 Å². The van der Waals surface area contributed by atoms with E-state index < -0.39 is 17.7 Å². The number of para-hydroxylation sites is 2. The van der Waals surface area contributed by atoms with Crippen LogP contribution in [0.25, 0.3) is 0 Å². The zero-order chi connectivity index (χ0) is 19.7. The maximum Gasteiger partial charge on any atom is 0.294 e. The lowest BCUT2D eigenvalue weighted by molar-refractivity contribution is -0.117. The molecule has 0 bridgehead atoms. The smallest absolute Gasteiger partial charge is 0.294 e. The van der Waals surface area contributed by atoms with Gasteiger partial charge in [-0.25, -0.2) is 0 Å². The van der Waals surface area contributed by atoms with E-state index in [1.54, 1.807) is 66.3 Å². The third kappa shape index (κ3) is 2.86. The molecule has 140 valence electrons. The fraction of sp³-hybridized carbons (Fsp3) is 0.0952. The molecular formula is C21H16N2O4S. The number of aliphatic hydroxyl groups is 1. The Morgan fingerprint density at radius 2 is 1.89 bits per heavy atom. The molecule has 1 atom stereocenters. The first kappa shape index (κ1) is 17.9. The number of rotatable bonds is 5. The standard InChI is InChI=1S/C21H16N2O4S/c1-27-15-6-3-2-5-14(15)23-18(13-8-10-22-11-9-13)17(20(25)21(23)26)19(24)16-7-4-12-28-16/h2-12,18,25H,1H3. The number of hydrogen-bond acceptors (Lipinski definition) is 6. The van der Waals surface area contributed by atoms with Crippen molar-refractivity contribution in [3.8, 4) is 5.75 Å². The van der Waals surface area contributed by atoms with E-state index in [-0.39, 0.29) is 11.4 Å². The van der Waals surface area contributed by atoms with E-state index in [1.807, 2.05) is 0 Å². The van der Waals surface area contributed by atoms with E-state index in [4.69, 9.17) is 4.74 Å². The highest BCUT2D eigenvalue weighted by molar-refractivity contribution is 7.12. The molecule has 0 radical (unpaired) electrons. The van der Waals surface area contributed by atoms with Gasteiger partial charge in [0.2, 0.25) is 5.78 Å². The molecule has 3 heterocycles. The Balaban J connectivity index is 1.91. The van der Waals surface area contributed by atoms with Gasteiger partial charge in [-0.3, -0.25) is 19.5 Å². The van der Waals surface area contributed by atoms with Crippen molar-refractivity contribution in [1.82, 2.24) is 4.98 Å². The molecule has 0 fully saturated rings. The number of benzene rings is 1. The van der Waals surface area contributed by atoms with Gasteiger partial charge in [0.1, 0.15) is 5.75 Å². The number of aromatic nitrogens is 1. The van der Waals surface area contributed by atoms with Crippen molar-refractivity contribution in [3.63, 3.8) is 0 Å². The molecule has 28 heavy (non-hydrogen) atoms.